The first-order valence-electron chi connectivity index (χ1n) is 9.39. The molecule has 1 N–H and O–H groups in total. The van der Waals surface area contributed by atoms with Crippen LogP contribution in [0, 0.1) is 13.8 Å². The lowest BCUT2D eigenvalue weighted by Gasteiger charge is -2.30. The van der Waals surface area contributed by atoms with E-state index in [1.807, 2.05) is 39.0 Å². The van der Waals surface area contributed by atoms with Crippen LogP contribution in [0.15, 0.2) is 18.2 Å². The third-order valence-electron chi connectivity index (χ3n) is 5.38. The quantitative estimate of drug-likeness (QED) is 0.843. The van der Waals surface area contributed by atoms with E-state index in [1.165, 1.54) is 0 Å². The maximum Gasteiger partial charge on any atom is 0.325 e. The molecule has 1 aromatic rings. The molecule has 1 aliphatic heterocycles. The molecule has 3 rings (SSSR count). The average Bonchev–Trinajstić information content (AvgIpc) is 2.79. The zero-order chi connectivity index (χ0) is 18.9. The summed E-state index contributed by atoms with van der Waals surface area (Å²) in [6.07, 6.45) is 4.27. The molecular weight excluding hydrogens is 330 g/mol. The molecule has 0 atom stereocenters. The number of hydrogen-bond donors (Lipinski definition) is 1. The number of nitrogens with one attached hydrogen (secondary N) is 1. The lowest BCUT2D eigenvalue weighted by atomic mass is 9.82. The number of likely N-dealkylation sites (N-methyl/N-ethyl adjacent to an activating group) is 1. The summed E-state index contributed by atoms with van der Waals surface area (Å²) >= 11 is 0. The molecule has 6 heteroatoms. The summed E-state index contributed by atoms with van der Waals surface area (Å²) in [6, 6.07) is 5.50. The lowest BCUT2D eigenvalue weighted by Crippen LogP contribution is -2.49. The second kappa shape index (κ2) is 7.09. The summed E-state index contributed by atoms with van der Waals surface area (Å²) in [5.74, 6) is -0.485. The Morgan fingerprint density at radius 2 is 1.73 bits per heavy atom. The molecule has 0 unspecified atom stereocenters. The Morgan fingerprint density at radius 3 is 2.31 bits per heavy atom. The smallest absolute Gasteiger partial charge is 0.323 e. The molecule has 1 heterocycles. The van der Waals surface area contributed by atoms with Gasteiger partial charge in [-0.3, -0.25) is 14.5 Å². The lowest BCUT2D eigenvalue weighted by molar-refractivity contribution is -0.135. The Bertz CT molecular complexity index is 718. The normalized spacial score (nSPS) is 19.0. The first-order chi connectivity index (χ1) is 12.4. The SMILES string of the molecule is CCN(C(=O)CN1C(=O)NC2(CCCCC2)C1=O)c1cc(C)cc(C)c1. The number of hydrogen-bond acceptors (Lipinski definition) is 3. The van der Waals surface area contributed by atoms with Crippen LogP contribution in [-0.2, 0) is 9.59 Å². The minimum absolute atomic E-state index is 0.215. The highest BCUT2D eigenvalue weighted by Crippen LogP contribution is 2.33. The first-order valence-corrected chi connectivity index (χ1v) is 9.39. The number of carbonyl (C=O) groups is 3. The van der Waals surface area contributed by atoms with Crippen LogP contribution in [0.5, 0.6) is 0 Å². The fourth-order valence-corrected chi connectivity index (χ4v) is 4.14. The van der Waals surface area contributed by atoms with Gasteiger partial charge in [0.05, 0.1) is 0 Å². The van der Waals surface area contributed by atoms with E-state index in [9.17, 15) is 14.4 Å². The van der Waals surface area contributed by atoms with Crippen molar-refractivity contribution in [3.05, 3.63) is 29.3 Å². The molecule has 1 spiro atoms. The summed E-state index contributed by atoms with van der Waals surface area (Å²) in [6.45, 7) is 6.13. The van der Waals surface area contributed by atoms with Crippen molar-refractivity contribution in [1.29, 1.82) is 0 Å². The molecule has 1 saturated carbocycles. The topological polar surface area (TPSA) is 69.7 Å². The van der Waals surface area contributed by atoms with Gasteiger partial charge in [0.1, 0.15) is 12.1 Å². The van der Waals surface area contributed by atoms with Gasteiger partial charge in [-0.05, 0) is 56.9 Å². The van der Waals surface area contributed by atoms with Crippen molar-refractivity contribution in [1.82, 2.24) is 10.2 Å². The fraction of sp³-hybridized carbons (Fsp3) is 0.550. The van der Waals surface area contributed by atoms with Gasteiger partial charge in [-0.1, -0.05) is 25.3 Å². The van der Waals surface area contributed by atoms with Crippen LogP contribution in [0.4, 0.5) is 10.5 Å². The van der Waals surface area contributed by atoms with Gasteiger partial charge >= 0.3 is 6.03 Å². The number of amides is 4. The summed E-state index contributed by atoms with van der Waals surface area (Å²) in [4.78, 5) is 40.8. The Hall–Kier alpha value is -2.37. The van der Waals surface area contributed by atoms with Crippen molar-refractivity contribution in [2.45, 2.75) is 58.4 Å². The van der Waals surface area contributed by atoms with Crippen LogP contribution >= 0.6 is 0 Å². The molecule has 2 fully saturated rings. The number of imide groups is 1. The first kappa shape index (κ1) is 18.4. The molecule has 1 aliphatic carbocycles. The predicted octanol–water partition coefficient (Wildman–Crippen LogP) is 2.91. The van der Waals surface area contributed by atoms with Gasteiger partial charge in [-0.15, -0.1) is 0 Å². The van der Waals surface area contributed by atoms with E-state index in [2.05, 4.69) is 5.32 Å². The molecular formula is C20H27N3O3. The van der Waals surface area contributed by atoms with Gasteiger partial charge in [0.25, 0.3) is 5.91 Å². The number of nitrogens with zero attached hydrogens (tertiary/aromatic N) is 2. The van der Waals surface area contributed by atoms with Gasteiger partial charge in [0, 0.05) is 12.2 Å². The van der Waals surface area contributed by atoms with E-state index in [0.717, 1.165) is 41.0 Å². The van der Waals surface area contributed by atoms with E-state index in [-0.39, 0.29) is 18.4 Å². The Morgan fingerprint density at radius 1 is 1.12 bits per heavy atom. The van der Waals surface area contributed by atoms with Crippen molar-refractivity contribution < 1.29 is 14.4 Å². The highest BCUT2D eigenvalue weighted by atomic mass is 16.2. The summed E-state index contributed by atoms with van der Waals surface area (Å²) < 4.78 is 0. The third-order valence-corrected chi connectivity index (χ3v) is 5.38. The van der Waals surface area contributed by atoms with Crippen LogP contribution in [-0.4, -0.2) is 41.4 Å². The molecule has 0 radical (unpaired) electrons. The van der Waals surface area contributed by atoms with Crippen LogP contribution in [0.25, 0.3) is 0 Å². The van der Waals surface area contributed by atoms with Gasteiger partial charge in [-0.2, -0.15) is 0 Å². The second-order valence-electron chi connectivity index (χ2n) is 7.45. The van der Waals surface area contributed by atoms with Gasteiger partial charge in [0.15, 0.2) is 0 Å². The molecule has 6 nitrogen and oxygen atoms in total. The minimum atomic E-state index is -0.785. The molecule has 0 bridgehead atoms. The van der Waals surface area contributed by atoms with Crippen LogP contribution in [0.1, 0.15) is 50.2 Å². The zero-order valence-electron chi connectivity index (χ0n) is 15.8. The molecule has 1 aromatic carbocycles. The average molecular weight is 357 g/mol. The van der Waals surface area contributed by atoms with Crippen molar-refractivity contribution in [3.8, 4) is 0 Å². The number of urea groups is 1. The predicted molar refractivity (Wildman–Crippen MR) is 100 cm³/mol. The molecule has 4 amide bonds. The number of rotatable bonds is 4. The Kier molecular flexibility index (Phi) is 5.03. The Balaban J connectivity index is 1.77. The maximum absolute atomic E-state index is 12.9. The third kappa shape index (κ3) is 3.32. The Labute approximate surface area is 154 Å². The molecule has 26 heavy (non-hydrogen) atoms. The number of benzene rings is 1. The summed E-state index contributed by atoms with van der Waals surface area (Å²) in [5, 5.41) is 2.86. The van der Waals surface area contributed by atoms with Crippen molar-refractivity contribution in [2.75, 3.05) is 18.0 Å². The number of aryl methyl sites for hydroxylation is 2. The van der Waals surface area contributed by atoms with E-state index in [4.69, 9.17) is 0 Å². The molecule has 2 aliphatic rings. The number of carbonyl (C=O) groups excluding carboxylic acids is 3. The van der Waals surface area contributed by atoms with Crippen LogP contribution in [0.2, 0.25) is 0 Å². The van der Waals surface area contributed by atoms with Crippen molar-refractivity contribution in [3.63, 3.8) is 0 Å². The largest absolute Gasteiger partial charge is 0.325 e. The monoisotopic (exact) mass is 357 g/mol. The van der Waals surface area contributed by atoms with Gasteiger partial charge in [-0.25, -0.2) is 4.79 Å². The number of anilines is 1. The summed E-state index contributed by atoms with van der Waals surface area (Å²) in [5.41, 5.74) is 2.16. The summed E-state index contributed by atoms with van der Waals surface area (Å²) in [7, 11) is 0. The van der Waals surface area contributed by atoms with E-state index in [0.29, 0.717) is 19.4 Å². The molecule has 0 aromatic heterocycles. The molecule has 1 saturated heterocycles. The maximum atomic E-state index is 12.9. The minimum Gasteiger partial charge on any atom is -0.323 e. The highest BCUT2D eigenvalue weighted by Gasteiger charge is 2.51. The van der Waals surface area contributed by atoms with Gasteiger partial charge in [0.2, 0.25) is 5.91 Å². The van der Waals surface area contributed by atoms with Gasteiger partial charge < -0.3 is 10.2 Å². The van der Waals surface area contributed by atoms with Crippen LogP contribution < -0.4 is 10.2 Å². The highest BCUT2D eigenvalue weighted by molar-refractivity contribution is 6.10. The van der Waals surface area contributed by atoms with E-state index >= 15 is 0 Å². The fourth-order valence-electron chi connectivity index (χ4n) is 4.14. The van der Waals surface area contributed by atoms with E-state index in [1.54, 1.807) is 4.90 Å². The van der Waals surface area contributed by atoms with Crippen LogP contribution in [0.3, 0.4) is 0 Å². The standard InChI is InChI=1S/C20H27N3O3/c1-4-22(16-11-14(2)10-15(3)12-16)17(24)13-23-18(25)20(21-19(23)26)8-6-5-7-9-20/h10-12H,4-9,13H2,1-3H3,(H,21,26). The van der Waals surface area contributed by atoms with Crippen molar-refractivity contribution in [2.24, 2.45) is 0 Å². The molecule has 140 valence electrons. The van der Waals surface area contributed by atoms with E-state index < -0.39 is 11.6 Å². The zero-order valence-corrected chi connectivity index (χ0v) is 15.8. The van der Waals surface area contributed by atoms with Crippen molar-refractivity contribution >= 4 is 23.5 Å². The second-order valence-corrected chi connectivity index (χ2v) is 7.45.